The summed E-state index contributed by atoms with van der Waals surface area (Å²) in [6, 6.07) is 10.2. The number of hydrogen-bond acceptors (Lipinski definition) is 4. The van der Waals surface area contributed by atoms with Gasteiger partial charge in [-0.05, 0) is 95.2 Å². The summed E-state index contributed by atoms with van der Waals surface area (Å²) in [5, 5.41) is 0.783. The highest BCUT2D eigenvalue weighted by atomic mass is 32.1. The zero-order chi connectivity index (χ0) is 20.4. The van der Waals surface area contributed by atoms with Crippen LogP contribution in [0.1, 0.15) is 39.0 Å². The molecule has 1 heterocycles. The highest BCUT2D eigenvalue weighted by Gasteiger charge is 2.22. The highest BCUT2D eigenvalue weighted by molar-refractivity contribution is 7.22. The minimum atomic E-state index is 0.0234. The van der Waals surface area contributed by atoms with Crippen molar-refractivity contribution in [3.05, 3.63) is 58.1 Å². The van der Waals surface area contributed by atoms with E-state index in [1.165, 1.54) is 16.7 Å². The molecule has 0 spiro atoms. The monoisotopic (exact) mass is 395 g/mol. The normalized spacial score (nSPS) is 11.4. The Hall–Kier alpha value is -2.24. The van der Waals surface area contributed by atoms with Gasteiger partial charge in [-0.15, -0.1) is 0 Å². The Morgan fingerprint density at radius 3 is 2.39 bits per heavy atom. The fourth-order valence-electron chi connectivity index (χ4n) is 3.34. The number of anilines is 1. The van der Waals surface area contributed by atoms with Crippen LogP contribution in [0.15, 0.2) is 30.3 Å². The van der Waals surface area contributed by atoms with Gasteiger partial charge in [0, 0.05) is 12.1 Å². The number of aryl methyl sites for hydroxylation is 4. The fourth-order valence-corrected chi connectivity index (χ4v) is 4.38. The number of hydrogen-bond donors (Lipinski definition) is 0. The third-order valence-corrected chi connectivity index (χ3v) is 6.26. The van der Waals surface area contributed by atoms with Gasteiger partial charge in [0.25, 0.3) is 5.91 Å². The lowest BCUT2D eigenvalue weighted by Crippen LogP contribution is -2.33. The smallest absolute Gasteiger partial charge is 0.260 e. The average molecular weight is 396 g/mol. The minimum absolute atomic E-state index is 0.0234. The van der Waals surface area contributed by atoms with Crippen LogP contribution in [0, 0.1) is 27.7 Å². The molecule has 0 saturated carbocycles. The van der Waals surface area contributed by atoms with E-state index in [-0.39, 0.29) is 5.91 Å². The summed E-state index contributed by atoms with van der Waals surface area (Å²) in [5.41, 5.74) is 6.44. The van der Waals surface area contributed by atoms with Crippen LogP contribution < -0.4 is 4.90 Å². The van der Waals surface area contributed by atoms with E-state index >= 15 is 0 Å². The molecule has 1 amide bonds. The Balaban J connectivity index is 1.99. The highest BCUT2D eigenvalue weighted by Crippen LogP contribution is 2.33. The number of rotatable bonds is 6. The molecule has 148 valence electrons. The third kappa shape index (κ3) is 4.42. The predicted molar refractivity (Wildman–Crippen MR) is 120 cm³/mol. The van der Waals surface area contributed by atoms with Gasteiger partial charge in [0.1, 0.15) is 0 Å². The predicted octanol–water partition coefficient (Wildman–Crippen LogP) is 5.13. The molecule has 28 heavy (non-hydrogen) atoms. The van der Waals surface area contributed by atoms with Crippen LogP contribution in [0.4, 0.5) is 5.13 Å². The standard InChI is InChI=1S/C23H29N3OS/c1-15-12-18(4)21-20(13-15)24-23(28-21)26(11-7-10-25(5)6)22(27)19-9-8-16(2)17(3)14-19/h8-9,12-14H,7,10-11H2,1-6H3. The van der Waals surface area contributed by atoms with Crippen LogP contribution in [0.25, 0.3) is 10.2 Å². The van der Waals surface area contributed by atoms with Crippen molar-refractivity contribution in [2.45, 2.75) is 34.1 Å². The summed E-state index contributed by atoms with van der Waals surface area (Å²) in [7, 11) is 4.11. The maximum Gasteiger partial charge on any atom is 0.260 e. The summed E-state index contributed by atoms with van der Waals surface area (Å²) in [5.74, 6) is 0.0234. The van der Waals surface area contributed by atoms with E-state index in [1.807, 2.05) is 30.0 Å². The lowest BCUT2D eigenvalue weighted by atomic mass is 10.1. The largest absolute Gasteiger partial charge is 0.309 e. The maximum absolute atomic E-state index is 13.4. The van der Waals surface area contributed by atoms with Crippen molar-refractivity contribution in [1.82, 2.24) is 9.88 Å². The number of aromatic nitrogens is 1. The van der Waals surface area contributed by atoms with E-state index in [4.69, 9.17) is 4.98 Å². The molecule has 4 nitrogen and oxygen atoms in total. The molecule has 0 atom stereocenters. The summed E-state index contributed by atoms with van der Waals surface area (Å²) in [6.45, 7) is 9.89. The van der Waals surface area contributed by atoms with Crippen molar-refractivity contribution in [1.29, 1.82) is 0 Å². The van der Waals surface area contributed by atoms with E-state index in [1.54, 1.807) is 11.3 Å². The Morgan fingerprint density at radius 1 is 0.964 bits per heavy atom. The molecule has 2 aromatic carbocycles. The number of carbonyl (C=O) groups is 1. The van der Waals surface area contributed by atoms with Gasteiger partial charge in [0.05, 0.1) is 10.2 Å². The Kier molecular flexibility index (Phi) is 6.16. The molecule has 3 aromatic rings. The van der Waals surface area contributed by atoms with Crippen molar-refractivity contribution in [2.24, 2.45) is 0 Å². The molecule has 3 rings (SSSR count). The van der Waals surface area contributed by atoms with Gasteiger partial charge in [-0.1, -0.05) is 23.5 Å². The van der Waals surface area contributed by atoms with Gasteiger partial charge in [-0.25, -0.2) is 4.98 Å². The minimum Gasteiger partial charge on any atom is -0.309 e. The van der Waals surface area contributed by atoms with Crippen LogP contribution in [-0.2, 0) is 0 Å². The molecule has 0 unspecified atom stereocenters. The molecule has 0 fully saturated rings. The van der Waals surface area contributed by atoms with Crippen molar-refractivity contribution in [2.75, 3.05) is 32.1 Å². The lowest BCUT2D eigenvalue weighted by molar-refractivity contribution is 0.0986. The van der Waals surface area contributed by atoms with E-state index in [2.05, 4.69) is 51.9 Å². The topological polar surface area (TPSA) is 36.4 Å². The number of thiazole rings is 1. The van der Waals surface area contributed by atoms with Gasteiger partial charge in [0.15, 0.2) is 5.13 Å². The molecule has 0 saturated heterocycles. The van der Waals surface area contributed by atoms with E-state index in [0.717, 1.165) is 39.4 Å². The fraction of sp³-hybridized carbons (Fsp3) is 0.391. The van der Waals surface area contributed by atoms with Crippen molar-refractivity contribution < 1.29 is 4.79 Å². The average Bonchev–Trinajstić information content (AvgIpc) is 3.04. The quantitative estimate of drug-likeness (QED) is 0.581. The maximum atomic E-state index is 13.4. The number of benzene rings is 2. The van der Waals surface area contributed by atoms with Gasteiger partial charge < -0.3 is 4.90 Å². The van der Waals surface area contributed by atoms with Crippen LogP contribution in [0.5, 0.6) is 0 Å². The second kappa shape index (κ2) is 8.41. The van der Waals surface area contributed by atoms with Crippen LogP contribution in [-0.4, -0.2) is 43.0 Å². The molecule has 0 aliphatic rings. The summed E-state index contributed by atoms with van der Waals surface area (Å²) >= 11 is 1.61. The Bertz CT molecular complexity index is 1010. The summed E-state index contributed by atoms with van der Waals surface area (Å²) < 4.78 is 1.16. The van der Waals surface area contributed by atoms with Gasteiger partial charge in [-0.2, -0.15) is 0 Å². The molecule has 0 N–H and O–H groups in total. The first-order valence-corrected chi connectivity index (χ1v) is 10.5. The Morgan fingerprint density at radius 2 is 1.71 bits per heavy atom. The Labute approximate surface area is 171 Å². The molecule has 0 aliphatic heterocycles. The third-order valence-electron chi connectivity index (χ3n) is 5.03. The number of fused-ring (bicyclic) bond motifs is 1. The first-order valence-electron chi connectivity index (χ1n) is 9.68. The van der Waals surface area contributed by atoms with Crippen LogP contribution in [0.2, 0.25) is 0 Å². The summed E-state index contributed by atoms with van der Waals surface area (Å²) in [4.78, 5) is 22.2. The van der Waals surface area contributed by atoms with Crippen molar-refractivity contribution >= 4 is 32.6 Å². The van der Waals surface area contributed by atoms with E-state index < -0.39 is 0 Å². The van der Waals surface area contributed by atoms with Crippen molar-refractivity contribution in [3.63, 3.8) is 0 Å². The number of amides is 1. The molecule has 0 aliphatic carbocycles. The molecule has 0 radical (unpaired) electrons. The van der Waals surface area contributed by atoms with Gasteiger partial charge in [0.2, 0.25) is 0 Å². The molecular weight excluding hydrogens is 366 g/mol. The van der Waals surface area contributed by atoms with E-state index in [9.17, 15) is 4.79 Å². The number of carbonyl (C=O) groups excluding carboxylic acids is 1. The van der Waals surface area contributed by atoms with Gasteiger partial charge in [-0.3, -0.25) is 9.69 Å². The second-order valence-corrected chi connectivity index (χ2v) is 8.82. The SMILES string of the molecule is Cc1cc(C)c2sc(N(CCCN(C)C)C(=O)c3ccc(C)c(C)c3)nc2c1. The van der Waals surface area contributed by atoms with Gasteiger partial charge >= 0.3 is 0 Å². The zero-order valence-corrected chi connectivity index (χ0v) is 18.5. The molecule has 1 aromatic heterocycles. The van der Waals surface area contributed by atoms with Crippen molar-refractivity contribution in [3.8, 4) is 0 Å². The zero-order valence-electron chi connectivity index (χ0n) is 17.7. The molecule has 5 heteroatoms. The first kappa shape index (κ1) is 20.5. The first-order chi connectivity index (χ1) is 13.3. The van der Waals surface area contributed by atoms with Crippen LogP contribution >= 0.6 is 11.3 Å². The van der Waals surface area contributed by atoms with Crippen LogP contribution in [0.3, 0.4) is 0 Å². The van der Waals surface area contributed by atoms with E-state index in [0.29, 0.717) is 6.54 Å². The summed E-state index contributed by atoms with van der Waals surface area (Å²) in [6.07, 6.45) is 0.900. The lowest BCUT2D eigenvalue weighted by Gasteiger charge is -2.21. The molecular formula is C23H29N3OS. The number of nitrogens with zero attached hydrogens (tertiary/aromatic N) is 3. The molecule has 0 bridgehead atoms. The second-order valence-electron chi connectivity index (χ2n) is 7.84.